The van der Waals surface area contributed by atoms with Gasteiger partial charge < -0.3 is 10.3 Å². The number of hydrogen-bond donors (Lipinski definition) is 2. The lowest BCUT2D eigenvalue weighted by Crippen LogP contribution is -2.24. The molecule has 1 aromatic carbocycles. The number of hydrogen-bond acceptors (Lipinski definition) is 5. The second-order valence-electron chi connectivity index (χ2n) is 3.94. The van der Waals surface area contributed by atoms with Crippen molar-refractivity contribution in [1.82, 2.24) is 9.88 Å². The fourth-order valence-electron chi connectivity index (χ4n) is 1.51. The monoisotopic (exact) mass is 301 g/mol. The number of aryl methyl sites for hydroxylation is 1. The third-order valence-corrected chi connectivity index (χ3v) is 4.09. The molecule has 0 spiro atoms. The molecule has 0 unspecified atom stereocenters. The molecular formula is C11H12ClN3O3S. The third-order valence-electron chi connectivity index (χ3n) is 2.38. The Morgan fingerprint density at radius 2 is 2.16 bits per heavy atom. The molecule has 6 nitrogen and oxygen atoms in total. The topological polar surface area (TPSA) is 98.2 Å². The van der Waals surface area contributed by atoms with Gasteiger partial charge in [-0.1, -0.05) is 16.8 Å². The zero-order valence-electron chi connectivity index (χ0n) is 10.1. The largest absolute Gasteiger partial charge is 0.398 e. The molecule has 0 saturated heterocycles. The fraction of sp³-hybridized carbons (Fsp3) is 0.182. The smallest absolute Gasteiger partial charge is 0.242 e. The lowest BCUT2D eigenvalue weighted by atomic mass is 10.3. The maximum Gasteiger partial charge on any atom is 0.242 e. The average Bonchev–Trinajstić information content (AvgIpc) is 2.72. The van der Waals surface area contributed by atoms with Gasteiger partial charge in [0.05, 0.1) is 17.9 Å². The van der Waals surface area contributed by atoms with E-state index in [4.69, 9.17) is 21.9 Å². The number of sulfonamides is 1. The molecule has 0 aliphatic rings. The van der Waals surface area contributed by atoms with Crippen LogP contribution in [-0.4, -0.2) is 13.6 Å². The zero-order valence-corrected chi connectivity index (χ0v) is 11.6. The first-order valence-corrected chi connectivity index (χ1v) is 7.21. The maximum absolute atomic E-state index is 12.1. The van der Waals surface area contributed by atoms with Gasteiger partial charge in [0.25, 0.3) is 0 Å². The molecule has 1 heterocycles. The van der Waals surface area contributed by atoms with E-state index in [1.54, 1.807) is 13.0 Å². The Kier molecular flexibility index (Phi) is 3.79. The van der Waals surface area contributed by atoms with Crippen LogP contribution in [0.2, 0.25) is 5.02 Å². The Morgan fingerprint density at radius 1 is 1.42 bits per heavy atom. The molecular weight excluding hydrogens is 290 g/mol. The van der Waals surface area contributed by atoms with Crippen molar-refractivity contribution in [2.24, 2.45) is 0 Å². The van der Waals surface area contributed by atoms with E-state index < -0.39 is 10.0 Å². The molecule has 0 bridgehead atoms. The van der Waals surface area contributed by atoms with E-state index in [0.29, 0.717) is 16.5 Å². The van der Waals surface area contributed by atoms with E-state index in [-0.39, 0.29) is 17.1 Å². The zero-order chi connectivity index (χ0) is 14.0. The summed E-state index contributed by atoms with van der Waals surface area (Å²) in [6, 6.07) is 5.85. The van der Waals surface area contributed by atoms with Gasteiger partial charge in [-0.2, -0.15) is 0 Å². The van der Waals surface area contributed by atoms with Crippen molar-refractivity contribution in [2.75, 3.05) is 5.73 Å². The Labute approximate surface area is 115 Å². The van der Waals surface area contributed by atoms with E-state index >= 15 is 0 Å². The SMILES string of the molecule is Cc1cc(CNS(=O)(=O)c2ccc(Cl)cc2N)no1. The van der Waals surface area contributed by atoms with Crippen molar-refractivity contribution in [3.8, 4) is 0 Å². The molecule has 0 radical (unpaired) electrons. The first-order valence-electron chi connectivity index (χ1n) is 5.35. The molecule has 0 aliphatic heterocycles. The fourth-order valence-corrected chi connectivity index (χ4v) is 2.80. The van der Waals surface area contributed by atoms with Crippen LogP contribution < -0.4 is 10.5 Å². The normalized spacial score (nSPS) is 11.7. The molecule has 0 atom stereocenters. The highest BCUT2D eigenvalue weighted by molar-refractivity contribution is 7.89. The van der Waals surface area contributed by atoms with Gasteiger partial charge in [0.1, 0.15) is 10.7 Å². The van der Waals surface area contributed by atoms with Crippen LogP contribution in [0.4, 0.5) is 5.69 Å². The summed E-state index contributed by atoms with van der Waals surface area (Å²) in [7, 11) is -3.71. The predicted molar refractivity (Wildman–Crippen MR) is 71.1 cm³/mol. The molecule has 2 aromatic rings. The van der Waals surface area contributed by atoms with Crippen molar-refractivity contribution in [1.29, 1.82) is 0 Å². The van der Waals surface area contributed by atoms with Gasteiger partial charge in [0.2, 0.25) is 10.0 Å². The van der Waals surface area contributed by atoms with Crippen molar-refractivity contribution in [2.45, 2.75) is 18.4 Å². The lowest BCUT2D eigenvalue weighted by Gasteiger charge is -2.08. The number of nitrogens with zero attached hydrogens (tertiary/aromatic N) is 1. The third kappa shape index (κ3) is 3.25. The molecule has 0 fully saturated rings. The Bertz CT molecular complexity index is 697. The molecule has 19 heavy (non-hydrogen) atoms. The summed E-state index contributed by atoms with van der Waals surface area (Å²) in [6.07, 6.45) is 0. The van der Waals surface area contributed by atoms with E-state index in [1.807, 2.05) is 0 Å². The quantitative estimate of drug-likeness (QED) is 0.837. The van der Waals surface area contributed by atoms with E-state index in [9.17, 15) is 8.42 Å². The Hall–Kier alpha value is -1.57. The summed E-state index contributed by atoms with van der Waals surface area (Å²) >= 11 is 5.73. The predicted octanol–water partition coefficient (Wildman–Crippen LogP) is 1.70. The summed E-state index contributed by atoms with van der Waals surface area (Å²) in [5, 5.41) is 4.07. The van der Waals surface area contributed by atoms with Crippen LogP contribution >= 0.6 is 11.6 Å². The molecule has 8 heteroatoms. The van der Waals surface area contributed by atoms with Crippen LogP contribution in [0.25, 0.3) is 0 Å². The van der Waals surface area contributed by atoms with Gasteiger partial charge in [-0.15, -0.1) is 0 Å². The highest BCUT2D eigenvalue weighted by atomic mass is 35.5. The summed E-state index contributed by atoms with van der Waals surface area (Å²) in [6.45, 7) is 1.75. The number of benzene rings is 1. The molecule has 102 valence electrons. The Morgan fingerprint density at radius 3 is 2.74 bits per heavy atom. The minimum atomic E-state index is -3.71. The summed E-state index contributed by atoms with van der Waals surface area (Å²) in [5.41, 5.74) is 6.23. The highest BCUT2D eigenvalue weighted by Crippen LogP contribution is 2.22. The van der Waals surface area contributed by atoms with Crippen LogP contribution in [0.5, 0.6) is 0 Å². The maximum atomic E-state index is 12.1. The molecule has 3 N–H and O–H groups in total. The minimum absolute atomic E-state index is 0.0166. The second kappa shape index (κ2) is 5.20. The number of rotatable bonds is 4. The van der Waals surface area contributed by atoms with Crippen LogP contribution in [0.15, 0.2) is 33.7 Å². The van der Waals surface area contributed by atoms with Crippen molar-refractivity contribution in [3.63, 3.8) is 0 Å². The average molecular weight is 302 g/mol. The van der Waals surface area contributed by atoms with Gasteiger partial charge >= 0.3 is 0 Å². The first kappa shape index (κ1) is 13.9. The van der Waals surface area contributed by atoms with Gasteiger partial charge in [-0.25, -0.2) is 13.1 Å². The van der Waals surface area contributed by atoms with Crippen LogP contribution in [0, 0.1) is 6.92 Å². The van der Waals surface area contributed by atoms with E-state index in [1.165, 1.54) is 18.2 Å². The number of anilines is 1. The lowest BCUT2D eigenvalue weighted by molar-refractivity contribution is 0.390. The van der Waals surface area contributed by atoms with E-state index in [0.717, 1.165) is 0 Å². The highest BCUT2D eigenvalue weighted by Gasteiger charge is 2.17. The van der Waals surface area contributed by atoms with Gasteiger partial charge in [0.15, 0.2) is 0 Å². The van der Waals surface area contributed by atoms with Gasteiger partial charge in [0, 0.05) is 11.1 Å². The summed E-state index contributed by atoms with van der Waals surface area (Å²) in [5.74, 6) is 0.611. The summed E-state index contributed by atoms with van der Waals surface area (Å²) in [4.78, 5) is -0.0166. The van der Waals surface area contributed by atoms with Gasteiger partial charge in [-0.3, -0.25) is 0 Å². The first-order chi connectivity index (χ1) is 8.88. The van der Waals surface area contributed by atoms with E-state index in [2.05, 4.69) is 9.88 Å². The molecule has 0 amide bonds. The minimum Gasteiger partial charge on any atom is -0.398 e. The number of halogens is 1. The van der Waals surface area contributed by atoms with Crippen LogP contribution in [-0.2, 0) is 16.6 Å². The van der Waals surface area contributed by atoms with Crippen LogP contribution in [0.3, 0.4) is 0 Å². The number of nitrogens with one attached hydrogen (secondary N) is 1. The number of aromatic nitrogens is 1. The Balaban J connectivity index is 2.18. The molecule has 2 rings (SSSR count). The number of nitrogens with two attached hydrogens (primary N) is 1. The van der Waals surface area contributed by atoms with Crippen LogP contribution in [0.1, 0.15) is 11.5 Å². The van der Waals surface area contributed by atoms with Crippen molar-refractivity contribution < 1.29 is 12.9 Å². The van der Waals surface area contributed by atoms with Crippen molar-refractivity contribution in [3.05, 3.63) is 40.7 Å². The standard InChI is InChI=1S/C11H12ClN3O3S/c1-7-4-9(15-18-7)6-14-19(16,17)11-3-2-8(12)5-10(11)13/h2-5,14H,6,13H2,1H3. The number of nitrogen functional groups attached to an aromatic ring is 1. The second-order valence-corrected chi connectivity index (χ2v) is 6.11. The van der Waals surface area contributed by atoms with Gasteiger partial charge in [-0.05, 0) is 25.1 Å². The van der Waals surface area contributed by atoms with Crippen molar-refractivity contribution >= 4 is 27.3 Å². The molecule has 0 saturated carbocycles. The summed E-state index contributed by atoms with van der Waals surface area (Å²) < 4.78 is 31.3. The molecule has 1 aromatic heterocycles. The molecule has 0 aliphatic carbocycles.